The van der Waals surface area contributed by atoms with Gasteiger partial charge in [0.1, 0.15) is 30.2 Å². The van der Waals surface area contributed by atoms with Gasteiger partial charge in [0, 0.05) is 80.7 Å². The number of imidazole rings is 1. The van der Waals surface area contributed by atoms with Crippen molar-refractivity contribution in [3.63, 3.8) is 0 Å². The zero-order chi connectivity index (χ0) is 46.0. The van der Waals surface area contributed by atoms with E-state index in [-0.39, 0.29) is 69.9 Å². The summed E-state index contributed by atoms with van der Waals surface area (Å²) in [4.78, 5) is 111. The van der Waals surface area contributed by atoms with Gasteiger partial charge in [0.25, 0.3) is 0 Å². The maximum absolute atomic E-state index is 14.5. The zero-order valence-corrected chi connectivity index (χ0v) is 36.1. The minimum atomic E-state index is -1.27. The smallest absolute Gasteiger partial charge is 0.243 e. The van der Waals surface area contributed by atoms with Gasteiger partial charge < -0.3 is 58.7 Å². The number of fused-ring (bicyclic) bond motifs is 1. The van der Waals surface area contributed by atoms with E-state index in [0.717, 1.165) is 16.5 Å². The molecule has 2 aromatic carbocycles. The average molecular weight is 882 g/mol. The molecule has 342 valence electrons. The molecule has 0 bridgehead atoms. The van der Waals surface area contributed by atoms with Crippen LogP contribution in [-0.4, -0.2) is 112 Å². The Morgan fingerprint density at radius 2 is 1.41 bits per heavy atom. The third kappa shape index (κ3) is 15.0. The number of carbonyl (C=O) groups is 7. The first-order chi connectivity index (χ1) is 30.7. The summed E-state index contributed by atoms with van der Waals surface area (Å²) in [5.74, 6) is -4.28. The molecule has 6 atom stereocenters. The molecule has 1 aliphatic rings. The van der Waals surface area contributed by atoms with Gasteiger partial charge in [-0.15, -0.1) is 0 Å². The topological polar surface area (TPSA) is 313 Å². The van der Waals surface area contributed by atoms with Gasteiger partial charge in [-0.2, -0.15) is 0 Å². The van der Waals surface area contributed by atoms with Crippen molar-refractivity contribution in [3.8, 4) is 0 Å². The molecule has 64 heavy (non-hydrogen) atoms. The van der Waals surface area contributed by atoms with E-state index in [0.29, 0.717) is 24.1 Å². The number of hydrogen-bond donors (Lipinski definition) is 11. The SMILES string of the molecule is CC(=O)N[C@H]1CCCCNC(=O)C[C@@H](C)NC(=O)[C@H](Cc2c[nH]c3ccccc23)NC(=O)[C@H](CCCN=C(N)N)NC(=O)[C@@H](Cc2ccccc2)NC(=O)[C@H](Cc2cnc[nH]2)NC1=O. The molecule has 0 radical (unpaired) electrons. The number of amides is 7. The maximum Gasteiger partial charge on any atom is 0.243 e. The quantitative estimate of drug-likeness (QED) is 0.0527. The van der Waals surface area contributed by atoms with Crippen LogP contribution in [0.25, 0.3) is 10.9 Å². The summed E-state index contributed by atoms with van der Waals surface area (Å²) in [5, 5.41) is 20.4. The number of benzene rings is 2. The number of para-hydroxylation sites is 1. The van der Waals surface area contributed by atoms with Gasteiger partial charge in [-0.25, -0.2) is 4.98 Å². The average Bonchev–Trinajstić information content (AvgIpc) is 3.93. The molecular weight excluding hydrogens is 823 g/mol. The van der Waals surface area contributed by atoms with Crippen LogP contribution in [0.5, 0.6) is 0 Å². The van der Waals surface area contributed by atoms with E-state index < -0.39 is 71.7 Å². The molecule has 1 aliphatic heterocycles. The Balaban J connectivity index is 1.51. The minimum Gasteiger partial charge on any atom is -0.370 e. The number of aromatic amines is 2. The number of rotatable bonds is 11. The van der Waals surface area contributed by atoms with Crippen LogP contribution in [0.4, 0.5) is 0 Å². The van der Waals surface area contributed by atoms with Crippen LogP contribution in [0, 0.1) is 0 Å². The van der Waals surface area contributed by atoms with E-state index in [1.807, 2.05) is 24.3 Å². The lowest BCUT2D eigenvalue weighted by Crippen LogP contribution is -2.60. The van der Waals surface area contributed by atoms with Crippen molar-refractivity contribution < 1.29 is 33.6 Å². The number of H-pyrrole nitrogens is 2. The summed E-state index contributed by atoms with van der Waals surface area (Å²) in [6, 6.07) is 9.85. The lowest BCUT2D eigenvalue weighted by molar-refractivity contribution is -0.135. The van der Waals surface area contributed by atoms with E-state index in [1.54, 1.807) is 43.5 Å². The Morgan fingerprint density at radius 3 is 2.11 bits per heavy atom. The first kappa shape index (κ1) is 47.8. The highest BCUT2D eigenvalue weighted by atomic mass is 16.2. The molecule has 3 heterocycles. The van der Waals surface area contributed by atoms with Gasteiger partial charge in [-0.1, -0.05) is 48.5 Å². The monoisotopic (exact) mass is 881 g/mol. The van der Waals surface area contributed by atoms with Crippen LogP contribution < -0.4 is 48.7 Å². The van der Waals surface area contributed by atoms with Gasteiger partial charge in [0.15, 0.2) is 5.96 Å². The third-order valence-electron chi connectivity index (χ3n) is 10.7. The van der Waals surface area contributed by atoms with Gasteiger partial charge in [-0.3, -0.25) is 38.6 Å². The zero-order valence-electron chi connectivity index (χ0n) is 36.1. The van der Waals surface area contributed by atoms with Crippen LogP contribution in [-0.2, 0) is 52.8 Å². The molecule has 0 spiro atoms. The van der Waals surface area contributed by atoms with Gasteiger partial charge in [0.2, 0.25) is 41.4 Å². The molecule has 2 aromatic heterocycles. The highest BCUT2D eigenvalue weighted by Gasteiger charge is 2.33. The van der Waals surface area contributed by atoms with Gasteiger partial charge >= 0.3 is 0 Å². The summed E-state index contributed by atoms with van der Waals surface area (Å²) in [6.45, 7) is 3.33. The van der Waals surface area contributed by atoms with Crippen molar-refractivity contribution in [1.29, 1.82) is 0 Å². The lowest BCUT2D eigenvalue weighted by Gasteiger charge is -2.27. The molecule has 1 saturated heterocycles. The second-order valence-corrected chi connectivity index (χ2v) is 15.9. The van der Waals surface area contributed by atoms with E-state index in [2.05, 4.69) is 57.2 Å². The van der Waals surface area contributed by atoms with Crippen molar-refractivity contribution in [2.24, 2.45) is 16.5 Å². The van der Waals surface area contributed by atoms with Crippen molar-refractivity contribution >= 4 is 58.2 Å². The van der Waals surface area contributed by atoms with Crippen molar-refractivity contribution in [2.45, 2.75) is 108 Å². The number of nitrogens with one attached hydrogen (secondary N) is 9. The minimum absolute atomic E-state index is 0.00374. The van der Waals surface area contributed by atoms with E-state index in [1.165, 1.54) is 19.4 Å². The second-order valence-electron chi connectivity index (χ2n) is 15.9. The Bertz CT molecular complexity index is 2240. The summed E-state index contributed by atoms with van der Waals surface area (Å²) < 4.78 is 0. The van der Waals surface area contributed by atoms with Crippen LogP contribution in [0.2, 0.25) is 0 Å². The Kier molecular flexibility index (Phi) is 17.8. The molecule has 7 amide bonds. The number of hydrogen-bond acceptors (Lipinski definition) is 9. The third-order valence-corrected chi connectivity index (χ3v) is 10.7. The first-order valence-corrected chi connectivity index (χ1v) is 21.4. The Labute approximate surface area is 370 Å². The van der Waals surface area contributed by atoms with E-state index in [9.17, 15) is 33.6 Å². The fourth-order valence-electron chi connectivity index (χ4n) is 7.44. The van der Waals surface area contributed by atoms with Crippen LogP contribution in [0.15, 0.2) is 78.3 Å². The highest BCUT2D eigenvalue weighted by molar-refractivity contribution is 5.97. The van der Waals surface area contributed by atoms with Crippen LogP contribution in [0.1, 0.15) is 69.2 Å². The number of nitrogens with two attached hydrogens (primary N) is 2. The largest absolute Gasteiger partial charge is 0.370 e. The van der Waals surface area contributed by atoms with Crippen LogP contribution in [0.3, 0.4) is 0 Å². The van der Waals surface area contributed by atoms with Crippen molar-refractivity contribution in [3.05, 3.63) is 90.1 Å². The molecular formula is C44H59N13O7. The predicted octanol–water partition coefficient (Wildman–Crippen LogP) is -0.389. The fraction of sp³-hybridized carbons (Fsp3) is 0.432. The second kappa shape index (κ2) is 23.8. The fourth-order valence-corrected chi connectivity index (χ4v) is 7.44. The Morgan fingerprint density at radius 1 is 0.766 bits per heavy atom. The molecule has 5 rings (SSSR count). The summed E-state index contributed by atoms with van der Waals surface area (Å²) in [7, 11) is 0. The number of carbonyl (C=O) groups excluding carboxylic acids is 7. The van der Waals surface area contributed by atoms with Crippen molar-refractivity contribution in [2.75, 3.05) is 13.1 Å². The summed E-state index contributed by atoms with van der Waals surface area (Å²) in [6.07, 6.45) is 5.95. The number of guanidine groups is 1. The summed E-state index contributed by atoms with van der Waals surface area (Å²) >= 11 is 0. The lowest BCUT2D eigenvalue weighted by atomic mass is 10.0. The number of aliphatic imine (C=N–C) groups is 1. The molecule has 0 unspecified atom stereocenters. The Hall–Kier alpha value is -7.25. The van der Waals surface area contributed by atoms with Gasteiger partial charge in [-0.05, 0) is 56.2 Å². The summed E-state index contributed by atoms with van der Waals surface area (Å²) in [5.41, 5.74) is 13.9. The first-order valence-electron chi connectivity index (χ1n) is 21.4. The highest BCUT2D eigenvalue weighted by Crippen LogP contribution is 2.20. The predicted molar refractivity (Wildman–Crippen MR) is 239 cm³/mol. The van der Waals surface area contributed by atoms with Crippen LogP contribution >= 0.6 is 0 Å². The molecule has 0 aliphatic carbocycles. The molecule has 20 heteroatoms. The molecule has 13 N–H and O–H groups in total. The van der Waals surface area contributed by atoms with Crippen molar-refractivity contribution in [1.82, 2.24) is 52.2 Å². The van der Waals surface area contributed by atoms with Gasteiger partial charge in [0.05, 0.1) is 6.33 Å². The van der Waals surface area contributed by atoms with E-state index >= 15 is 0 Å². The number of nitrogens with zero attached hydrogens (tertiary/aromatic N) is 2. The number of aromatic nitrogens is 3. The normalized spacial score (nSPS) is 22.5. The molecule has 20 nitrogen and oxygen atoms in total. The maximum atomic E-state index is 14.5. The van der Waals surface area contributed by atoms with E-state index in [4.69, 9.17) is 11.5 Å². The standard InChI is InChI=1S/C44H59N13O7/c1-26-19-38(59)48-17-9-8-15-33(53-27(2)58)39(60)57-37(22-30-24-47-25-51-30)43(64)55-35(20-28-11-4-3-5-12-28)42(63)54-34(16-10-18-49-44(45)46)40(61)56-36(41(62)52-26)21-29-23-50-32-14-7-6-13-31(29)32/h3-7,11-14,23-26,33-37,50H,8-10,15-22H2,1-2H3,(H,47,51)(H,48,59)(H,52,62)(H,53,58)(H,54,63)(H,55,64)(H,56,61)(H,57,60)(H4,45,46,49)/t26-,33+,34+,35-,36+,37+/m1/s1. The molecule has 0 saturated carbocycles. The molecule has 4 aromatic rings. The molecule has 1 fully saturated rings.